The van der Waals surface area contributed by atoms with E-state index in [4.69, 9.17) is 9.47 Å². The van der Waals surface area contributed by atoms with Gasteiger partial charge in [0.05, 0.1) is 6.54 Å². The summed E-state index contributed by atoms with van der Waals surface area (Å²) in [6, 6.07) is 6.58. The Kier molecular flexibility index (Phi) is 6.22. The Bertz CT molecular complexity index is 484. The first-order valence-corrected chi connectivity index (χ1v) is 6.88. The van der Waals surface area contributed by atoms with E-state index < -0.39 is 18.3 Å². The van der Waals surface area contributed by atoms with Crippen molar-refractivity contribution in [3.63, 3.8) is 0 Å². The van der Waals surface area contributed by atoms with E-state index in [9.17, 15) is 18.0 Å². The van der Waals surface area contributed by atoms with E-state index in [0.29, 0.717) is 17.9 Å². The van der Waals surface area contributed by atoms with Crippen LogP contribution in [0.25, 0.3) is 0 Å². The first kappa shape index (κ1) is 18.3. The maximum absolute atomic E-state index is 12.0. The van der Waals surface area contributed by atoms with E-state index in [0.717, 1.165) is 0 Å². The van der Waals surface area contributed by atoms with Gasteiger partial charge in [0.2, 0.25) is 0 Å². The molecule has 0 aliphatic rings. The van der Waals surface area contributed by atoms with Crippen LogP contribution in [0.3, 0.4) is 0 Å². The molecule has 1 aromatic rings. The van der Waals surface area contributed by atoms with Crippen LogP contribution >= 0.6 is 0 Å². The minimum Gasteiger partial charge on any atom is -0.470 e. The number of ether oxygens (including phenoxy) is 2. The van der Waals surface area contributed by atoms with Crippen LogP contribution < -0.4 is 10.1 Å². The maximum atomic E-state index is 12.0. The summed E-state index contributed by atoms with van der Waals surface area (Å²) in [5.41, 5.74) is -0.320. The molecule has 0 saturated carbocycles. The summed E-state index contributed by atoms with van der Waals surface area (Å²) >= 11 is 0. The fraction of sp³-hybridized carbons (Fsp3) is 0.533. The number of carbonyl (C=O) groups excluding carboxylic acids is 1. The molecule has 0 aliphatic carbocycles. The molecule has 7 heteroatoms. The van der Waals surface area contributed by atoms with Gasteiger partial charge in [-0.1, -0.05) is 12.1 Å². The van der Waals surface area contributed by atoms with Crippen LogP contribution in [0.2, 0.25) is 0 Å². The number of benzene rings is 1. The molecule has 0 saturated heterocycles. The number of nitrogens with one attached hydrogen (secondary N) is 1. The van der Waals surface area contributed by atoms with Crippen LogP contribution in [0.15, 0.2) is 24.3 Å². The van der Waals surface area contributed by atoms with Crippen LogP contribution in [0.1, 0.15) is 26.3 Å². The first-order valence-electron chi connectivity index (χ1n) is 6.88. The fourth-order valence-corrected chi connectivity index (χ4v) is 1.67. The molecular weight excluding hydrogens is 299 g/mol. The van der Waals surface area contributed by atoms with E-state index in [-0.39, 0.29) is 12.5 Å². The molecule has 0 aromatic heterocycles. The zero-order chi connectivity index (χ0) is 16.8. The van der Waals surface area contributed by atoms with Gasteiger partial charge >= 0.3 is 12.1 Å². The topological polar surface area (TPSA) is 51.9 Å². The predicted octanol–water partition coefficient (Wildman–Crippen LogP) is 3.03. The predicted molar refractivity (Wildman–Crippen MR) is 77.5 cm³/mol. The Balaban J connectivity index is 2.56. The number of halogens is 3. The highest BCUT2D eigenvalue weighted by Crippen LogP contribution is 2.20. The van der Waals surface area contributed by atoms with Crippen molar-refractivity contribution >= 4 is 5.97 Å². The van der Waals surface area contributed by atoms with Crippen molar-refractivity contribution in [2.45, 2.75) is 39.1 Å². The third-order valence-corrected chi connectivity index (χ3v) is 2.75. The Morgan fingerprint density at radius 2 is 1.77 bits per heavy atom. The molecule has 0 aliphatic heterocycles. The summed E-state index contributed by atoms with van der Waals surface area (Å²) in [6.07, 6.45) is -4.22. The molecule has 124 valence electrons. The van der Waals surface area contributed by atoms with Gasteiger partial charge in [0.25, 0.3) is 5.60 Å². The monoisotopic (exact) mass is 320 g/mol. The largest absolute Gasteiger partial charge is 0.527 e. The summed E-state index contributed by atoms with van der Waals surface area (Å²) in [6.45, 7) is 4.44. The minimum absolute atomic E-state index is 0.111. The number of alkyl halides is 3. The van der Waals surface area contributed by atoms with E-state index in [1.54, 1.807) is 45.0 Å². The molecule has 0 heterocycles. The molecule has 0 spiro atoms. The summed E-state index contributed by atoms with van der Waals surface area (Å²) in [5, 5.41) is 2.31. The number of hydrogen-bond donors (Lipinski definition) is 1. The van der Waals surface area contributed by atoms with Gasteiger partial charge in [-0.25, -0.2) is 0 Å². The Morgan fingerprint density at radius 1 is 1.18 bits per heavy atom. The van der Waals surface area contributed by atoms with E-state index in [1.165, 1.54) is 0 Å². The third-order valence-electron chi connectivity index (χ3n) is 2.75. The lowest BCUT2D eigenvalue weighted by Gasteiger charge is -2.19. The van der Waals surface area contributed by atoms with E-state index in [2.05, 4.69) is 5.32 Å². The molecule has 0 bridgehead atoms. The number of hydrogen-bond acceptors (Lipinski definition) is 3. The van der Waals surface area contributed by atoms with Crippen molar-refractivity contribution in [3.8, 4) is 5.75 Å². The Morgan fingerprint density at radius 3 is 2.27 bits per heavy atom. The molecular formula is C15H21F3NO3+. The lowest BCUT2D eigenvalue weighted by Crippen LogP contribution is -2.40. The zero-order valence-electron chi connectivity index (χ0n) is 12.8. The third kappa shape index (κ3) is 6.34. The van der Waals surface area contributed by atoms with E-state index >= 15 is 0 Å². The minimum atomic E-state index is -4.22. The normalized spacial score (nSPS) is 12.1. The molecule has 4 nitrogen and oxygen atoms in total. The summed E-state index contributed by atoms with van der Waals surface area (Å²) in [5.74, 6) is 0.252. The SMILES string of the molecule is CCOC(=[OH+])C(C)(C)Oc1ccc(CNCC(F)(F)F)cc1. The quantitative estimate of drug-likeness (QED) is 0.620. The molecule has 0 atom stereocenters. The second kappa shape index (κ2) is 7.49. The molecule has 0 fully saturated rings. The van der Waals surface area contributed by atoms with Crippen molar-refractivity contribution in [2.75, 3.05) is 13.2 Å². The molecule has 22 heavy (non-hydrogen) atoms. The van der Waals surface area contributed by atoms with Crippen molar-refractivity contribution in [1.82, 2.24) is 5.32 Å². The molecule has 2 N–H and O–H groups in total. The number of rotatable bonds is 7. The second-order valence-corrected chi connectivity index (χ2v) is 5.21. The van der Waals surface area contributed by atoms with Gasteiger partial charge in [0.15, 0.2) is 6.61 Å². The van der Waals surface area contributed by atoms with Gasteiger partial charge in [0.1, 0.15) is 5.75 Å². The average molecular weight is 320 g/mol. The molecule has 1 aromatic carbocycles. The molecule has 0 unspecified atom stereocenters. The fourth-order valence-electron chi connectivity index (χ4n) is 1.67. The van der Waals surface area contributed by atoms with Crippen LogP contribution in [0.4, 0.5) is 13.2 Å². The highest BCUT2D eigenvalue weighted by atomic mass is 19.4. The van der Waals surface area contributed by atoms with E-state index in [1.807, 2.05) is 0 Å². The van der Waals surface area contributed by atoms with Gasteiger partial charge < -0.3 is 19.6 Å². The lowest BCUT2D eigenvalue weighted by atomic mass is 10.1. The van der Waals surface area contributed by atoms with Crippen LogP contribution in [0, 0.1) is 0 Å². The Labute approximate surface area is 127 Å². The molecule has 1 rings (SSSR count). The standard InChI is InChI=1S/C15H20F3NO3/c1-4-21-13(20)14(2,3)22-12-7-5-11(6-8-12)9-19-10-15(16,17)18/h5-8,19H,4,9-10H2,1-3H3/p+1. The second-order valence-electron chi connectivity index (χ2n) is 5.21. The lowest BCUT2D eigenvalue weighted by molar-refractivity contribution is -0.125. The zero-order valence-corrected chi connectivity index (χ0v) is 12.8. The number of esters is 1. The van der Waals surface area contributed by atoms with Gasteiger partial charge in [-0.15, -0.1) is 0 Å². The van der Waals surface area contributed by atoms with Crippen LogP contribution in [0.5, 0.6) is 5.75 Å². The smallest absolute Gasteiger partial charge is 0.470 e. The highest BCUT2D eigenvalue weighted by Gasteiger charge is 2.38. The van der Waals surface area contributed by atoms with Gasteiger partial charge in [-0.05, 0) is 38.5 Å². The van der Waals surface area contributed by atoms with Crippen LogP contribution in [-0.2, 0) is 11.3 Å². The van der Waals surface area contributed by atoms with Crippen molar-refractivity contribution < 1.29 is 27.4 Å². The molecule has 0 radical (unpaired) electrons. The van der Waals surface area contributed by atoms with Gasteiger partial charge in [0, 0.05) is 6.54 Å². The van der Waals surface area contributed by atoms with Crippen molar-refractivity contribution in [3.05, 3.63) is 29.8 Å². The first-order chi connectivity index (χ1) is 10.1. The van der Waals surface area contributed by atoms with Crippen molar-refractivity contribution in [2.24, 2.45) is 0 Å². The summed E-state index contributed by atoms with van der Waals surface area (Å²) < 4.78 is 46.7. The highest BCUT2D eigenvalue weighted by molar-refractivity contribution is 5.80. The maximum Gasteiger partial charge on any atom is 0.527 e. The average Bonchev–Trinajstić information content (AvgIpc) is 2.39. The summed E-state index contributed by atoms with van der Waals surface area (Å²) in [4.78, 5) is 9.74. The van der Waals surface area contributed by atoms with Gasteiger partial charge in [-0.2, -0.15) is 13.2 Å². The Hall–Kier alpha value is -1.76. The summed E-state index contributed by atoms with van der Waals surface area (Å²) in [7, 11) is 0. The molecule has 0 amide bonds. The van der Waals surface area contributed by atoms with Crippen LogP contribution in [-0.4, -0.2) is 35.7 Å². The van der Waals surface area contributed by atoms with Gasteiger partial charge in [-0.3, -0.25) is 0 Å². The van der Waals surface area contributed by atoms with Crippen molar-refractivity contribution in [1.29, 1.82) is 0 Å².